The number of hydrogen-bond acceptors (Lipinski definition) is 2. The van der Waals surface area contributed by atoms with Crippen molar-refractivity contribution in [3.8, 4) is 5.75 Å². The Morgan fingerprint density at radius 2 is 2.04 bits per heavy atom. The largest absolute Gasteiger partial charge is 0.497 e. The van der Waals surface area contributed by atoms with Gasteiger partial charge in [-0.15, -0.1) is 0 Å². The number of aryl methyl sites for hydroxylation is 1. The van der Waals surface area contributed by atoms with E-state index in [1.165, 1.54) is 5.56 Å². The minimum Gasteiger partial charge on any atom is -0.497 e. The number of aromatic nitrogens is 1. The lowest BCUT2D eigenvalue weighted by atomic mass is 9.91. The molecule has 0 aliphatic heterocycles. The van der Waals surface area contributed by atoms with Gasteiger partial charge >= 0.3 is 0 Å². The first kappa shape index (κ1) is 16.0. The number of methoxy groups -OCH3 is 1. The summed E-state index contributed by atoms with van der Waals surface area (Å²) in [5.41, 5.74) is 4.07. The van der Waals surface area contributed by atoms with Crippen molar-refractivity contribution in [3.63, 3.8) is 0 Å². The molecule has 1 aromatic heterocycles. The zero-order chi connectivity index (χ0) is 17.4. The third kappa shape index (κ3) is 2.98. The molecule has 0 saturated carbocycles. The fourth-order valence-corrected chi connectivity index (χ4v) is 3.74. The summed E-state index contributed by atoms with van der Waals surface area (Å²) < 4.78 is 5.14. The minimum absolute atomic E-state index is 0.00970. The molecule has 1 aliphatic carbocycles. The van der Waals surface area contributed by atoms with Gasteiger partial charge in [0.2, 0.25) is 0 Å². The van der Waals surface area contributed by atoms with E-state index in [0.29, 0.717) is 5.56 Å². The summed E-state index contributed by atoms with van der Waals surface area (Å²) in [6.45, 7) is 0. The molecule has 1 atom stereocenters. The summed E-state index contributed by atoms with van der Waals surface area (Å²) in [4.78, 5) is 16.1. The fraction of sp³-hybridized carbons (Fsp3) is 0.250. The average molecular weight is 355 g/mol. The molecule has 4 rings (SSSR count). The second-order valence-electron chi connectivity index (χ2n) is 6.35. The van der Waals surface area contributed by atoms with Gasteiger partial charge in [0, 0.05) is 27.2 Å². The number of H-pyrrole nitrogens is 1. The number of amides is 1. The first-order valence-corrected chi connectivity index (χ1v) is 8.78. The number of benzene rings is 2. The molecule has 4 nitrogen and oxygen atoms in total. The van der Waals surface area contributed by atoms with Crippen LogP contribution in [0.4, 0.5) is 0 Å². The Hall–Kier alpha value is -2.46. The molecule has 2 aromatic carbocycles. The molecule has 1 amide bonds. The van der Waals surface area contributed by atoms with Gasteiger partial charge in [-0.25, -0.2) is 0 Å². The molecule has 0 spiro atoms. The van der Waals surface area contributed by atoms with Crippen LogP contribution >= 0.6 is 11.6 Å². The Morgan fingerprint density at radius 1 is 1.24 bits per heavy atom. The highest BCUT2D eigenvalue weighted by atomic mass is 35.5. The average Bonchev–Trinajstić information content (AvgIpc) is 3.01. The second-order valence-corrected chi connectivity index (χ2v) is 6.79. The highest BCUT2D eigenvalue weighted by Crippen LogP contribution is 2.35. The number of carbonyl (C=O) groups excluding carboxylic acids is 1. The lowest BCUT2D eigenvalue weighted by molar-refractivity contribution is 0.0932. The number of halogens is 1. The highest BCUT2D eigenvalue weighted by Gasteiger charge is 2.26. The Kier molecular flexibility index (Phi) is 4.14. The number of ether oxygens (including phenoxy) is 1. The molecule has 1 aliphatic rings. The van der Waals surface area contributed by atoms with Crippen LogP contribution in [0, 0.1) is 0 Å². The van der Waals surface area contributed by atoms with Crippen LogP contribution in [0.15, 0.2) is 42.5 Å². The lowest BCUT2D eigenvalue weighted by Crippen LogP contribution is -2.31. The number of nitrogens with one attached hydrogen (secondary N) is 2. The van der Waals surface area contributed by atoms with Gasteiger partial charge in [0.15, 0.2) is 0 Å². The maximum Gasteiger partial charge on any atom is 0.251 e. The van der Waals surface area contributed by atoms with Gasteiger partial charge in [0.25, 0.3) is 5.91 Å². The van der Waals surface area contributed by atoms with Crippen molar-refractivity contribution in [1.82, 2.24) is 10.3 Å². The van der Waals surface area contributed by atoms with Crippen molar-refractivity contribution >= 4 is 28.4 Å². The van der Waals surface area contributed by atoms with Gasteiger partial charge in [-0.05, 0) is 67.3 Å². The Balaban J connectivity index is 1.62. The van der Waals surface area contributed by atoms with Crippen LogP contribution in [-0.4, -0.2) is 18.0 Å². The Bertz CT molecular complexity index is 931. The van der Waals surface area contributed by atoms with Gasteiger partial charge < -0.3 is 15.0 Å². The van der Waals surface area contributed by atoms with Crippen molar-refractivity contribution in [2.75, 3.05) is 7.11 Å². The molecule has 1 unspecified atom stereocenters. The Morgan fingerprint density at radius 3 is 2.80 bits per heavy atom. The van der Waals surface area contributed by atoms with Gasteiger partial charge in [0.05, 0.1) is 13.2 Å². The monoisotopic (exact) mass is 354 g/mol. The summed E-state index contributed by atoms with van der Waals surface area (Å²) in [5, 5.41) is 5.05. The minimum atomic E-state index is -0.0720. The summed E-state index contributed by atoms with van der Waals surface area (Å²) in [7, 11) is 1.61. The van der Waals surface area contributed by atoms with Crippen LogP contribution in [0.25, 0.3) is 10.9 Å². The van der Waals surface area contributed by atoms with Crippen LogP contribution < -0.4 is 10.1 Å². The van der Waals surface area contributed by atoms with Crippen LogP contribution in [0.3, 0.4) is 0 Å². The van der Waals surface area contributed by atoms with Crippen LogP contribution in [-0.2, 0) is 6.42 Å². The molecule has 25 heavy (non-hydrogen) atoms. The molecule has 0 fully saturated rings. The molecular weight excluding hydrogens is 336 g/mol. The van der Waals surface area contributed by atoms with Crippen molar-refractivity contribution in [2.24, 2.45) is 0 Å². The highest BCUT2D eigenvalue weighted by molar-refractivity contribution is 6.31. The van der Waals surface area contributed by atoms with Gasteiger partial charge in [0.1, 0.15) is 5.75 Å². The first-order chi connectivity index (χ1) is 12.2. The number of hydrogen-bond donors (Lipinski definition) is 2. The van der Waals surface area contributed by atoms with Crippen molar-refractivity contribution in [2.45, 2.75) is 25.3 Å². The Labute approximate surface area is 151 Å². The fourth-order valence-electron chi connectivity index (χ4n) is 3.56. The number of fused-ring (bicyclic) bond motifs is 3. The zero-order valence-electron chi connectivity index (χ0n) is 13.9. The van der Waals surface area contributed by atoms with Gasteiger partial charge in [-0.1, -0.05) is 11.6 Å². The topological polar surface area (TPSA) is 54.1 Å². The summed E-state index contributed by atoms with van der Waals surface area (Å²) in [6, 6.07) is 13.0. The van der Waals surface area contributed by atoms with E-state index < -0.39 is 0 Å². The normalized spacial score (nSPS) is 16.5. The van der Waals surface area contributed by atoms with E-state index in [-0.39, 0.29) is 11.9 Å². The molecule has 0 saturated heterocycles. The van der Waals surface area contributed by atoms with E-state index in [4.69, 9.17) is 16.3 Å². The molecule has 0 radical (unpaired) electrons. The van der Waals surface area contributed by atoms with Crippen LogP contribution in [0.1, 0.15) is 40.5 Å². The predicted molar refractivity (Wildman–Crippen MR) is 99.4 cm³/mol. The number of carbonyl (C=O) groups is 1. The molecule has 2 N–H and O–H groups in total. The van der Waals surface area contributed by atoms with E-state index in [0.717, 1.165) is 46.6 Å². The number of aromatic amines is 1. The molecular formula is C20H19ClN2O2. The standard InChI is InChI=1S/C20H19ClN2O2/c1-25-14-8-5-12(6-9-14)20(24)23-18-4-2-3-15-16-11-13(21)7-10-17(16)22-19(15)18/h5-11,18,22H,2-4H2,1H3,(H,23,24). The lowest BCUT2D eigenvalue weighted by Gasteiger charge is -2.24. The second kappa shape index (κ2) is 6.45. The third-order valence-electron chi connectivity index (χ3n) is 4.83. The molecule has 3 aromatic rings. The smallest absolute Gasteiger partial charge is 0.251 e. The predicted octanol–water partition coefficient (Wildman–Crippen LogP) is 4.64. The van der Waals surface area contributed by atoms with Crippen LogP contribution in [0.2, 0.25) is 5.02 Å². The van der Waals surface area contributed by atoms with Crippen molar-refractivity contribution in [3.05, 3.63) is 64.3 Å². The maximum atomic E-state index is 12.6. The van der Waals surface area contributed by atoms with E-state index in [1.807, 2.05) is 18.2 Å². The van der Waals surface area contributed by atoms with Gasteiger partial charge in [-0.2, -0.15) is 0 Å². The number of rotatable bonds is 3. The molecule has 128 valence electrons. The van der Waals surface area contributed by atoms with Crippen LogP contribution in [0.5, 0.6) is 5.75 Å². The summed E-state index contributed by atoms with van der Waals surface area (Å²) in [5.74, 6) is 0.668. The van der Waals surface area contributed by atoms with E-state index in [9.17, 15) is 4.79 Å². The molecule has 0 bridgehead atoms. The van der Waals surface area contributed by atoms with Crippen molar-refractivity contribution < 1.29 is 9.53 Å². The van der Waals surface area contributed by atoms with Gasteiger partial charge in [-0.3, -0.25) is 4.79 Å². The third-order valence-corrected chi connectivity index (χ3v) is 5.06. The summed E-state index contributed by atoms with van der Waals surface area (Å²) >= 11 is 6.15. The van der Waals surface area contributed by atoms with E-state index >= 15 is 0 Å². The molecule has 5 heteroatoms. The SMILES string of the molecule is COc1ccc(C(=O)NC2CCCc3c2[nH]c2ccc(Cl)cc32)cc1. The van der Waals surface area contributed by atoms with E-state index in [2.05, 4.69) is 10.3 Å². The quantitative estimate of drug-likeness (QED) is 0.720. The summed E-state index contributed by atoms with van der Waals surface area (Å²) in [6.07, 6.45) is 2.97. The van der Waals surface area contributed by atoms with E-state index in [1.54, 1.807) is 31.4 Å². The van der Waals surface area contributed by atoms with Crippen molar-refractivity contribution in [1.29, 1.82) is 0 Å². The first-order valence-electron chi connectivity index (χ1n) is 8.40. The zero-order valence-corrected chi connectivity index (χ0v) is 14.7. The molecule has 1 heterocycles. The maximum absolute atomic E-state index is 12.6.